The van der Waals surface area contributed by atoms with Crippen molar-refractivity contribution in [3.8, 4) is 0 Å². The van der Waals surface area contributed by atoms with Crippen LogP contribution < -0.4 is 0 Å². The summed E-state index contributed by atoms with van der Waals surface area (Å²) in [6.07, 6.45) is 6.49. The lowest BCUT2D eigenvalue weighted by molar-refractivity contribution is -0.173. The van der Waals surface area contributed by atoms with Gasteiger partial charge in [-0.3, -0.25) is 4.79 Å². The summed E-state index contributed by atoms with van der Waals surface area (Å²) in [5.74, 6) is 1.94. The Balaban J connectivity index is 2.08. The van der Waals surface area contributed by atoms with Crippen LogP contribution in [0.25, 0.3) is 0 Å². The summed E-state index contributed by atoms with van der Waals surface area (Å²) in [4.78, 5) is 11.8. The van der Waals surface area contributed by atoms with E-state index >= 15 is 0 Å². The summed E-state index contributed by atoms with van der Waals surface area (Å²) in [6, 6.07) is 0. The van der Waals surface area contributed by atoms with Gasteiger partial charge in [-0.25, -0.2) is 0 Å². The first kappa shape index (κ1) is 11.9. The van der Waals surface area contributed by atoms with Crippen LogP contribution in [0.15, 0.2) is 0 Å². The van der Waals surface area contributed by atoms with E-state index < -0.39 is 0 Å². The molecule has 92 valence electrons. The van der Waals surface area contributed by atoms with Crippen LogP contribution in [0.5, 0.6) is 0 Å². The predicted molar refractivity (Wildman–Crippen MR) is 64.0 cm³/mol. The van der Waals surface area contributed by atoms with E-state index in [1.807, 2.05) is 6.92 Å². The van der Waals surface area contributed by atoms with Crippen molar-refractivity contribution in [2.45, 2.75) is 64.9 Å². The molecule has 0 radical (unpaired) electrons. The number of fused-ring (bicyclic) bond motifs is 2. The third kappa shape index (κ3) is 1.87. The Labute approximate surface area is 98.7 Å². The lowest BCUT2D eigenvalue weighted by Gasteiger charge is -2.40. The molecule has 0 spiro atoms. The first-order valence-corrected chi connectivity index (χ1v) is 6.80. The highest BCUT2D eigenvalue weighted by Gasteiger charge is 2.55. The molecule has 0 heterocycles. The first-order chi connectivity index (χ1) is 7.58. The highest BCUT2D eigenvalue weighted by atomic mass is 16.6. The fraction of sp³-hybridized carbons (Fsp3) is 0.929. The van der Waals surface area contributed by atoms with Crippen LogP contribution in [0.4, 0.5) is 0 Å². The van der Waals surface area contributed by atoms with Crippen LogP contribution in [-0.2, 0) is 9.53 Å². The lowest BCUT2D eigenvalue weighted by atomic mass is 9.76. The van der Waals surface area contributed by atoms with E-state index in [0.717, 1.165) is 18.8 Å². The van der Waals surface area contributed by atoms with Gasteiger partial charge in [0.2, 0.25) is 0 Å². The lowest BCUT2D eigenvalue weighted by Crippen LogP contribution is -2.45. The molecule has 0 aromatic heterocycles. The SMILES string of the molecule is CCCC(=O)OC1(C(C)C)CC2CCC1C2. The smallest absolute Gasteiger partial charge is 0.306 e. The van der Waals surface area contributed by atoms with Crippen molar-refractivity contribution in [2.75, 3.05) is 0 Å². The average molecular weight is 224 g/mol. The van der Waals surface area contributed by atoms with E-state index in [9.17, 15) is 4.79 Å². The van der Waals surface area contributed by atoms with Crippen LogP contribution in [0.1, 0.15) is 59.3 Å². The normalized spacial score (nSPS) is 37.0. The van der Waals surface area contributed by atoms with Crippen molar-refractivity contribution in [1.29, 1.82) is 0 Å². The summed E-state index contributed by atoms with van der Waals surface area (Å²) < 4.78 is 5.90. The van der Waals surface area contributed by atoms with Gasteiger partial charge < -0.3 is 4.74 Å². The average Bonchev–Trinajstić information content (AvgIpc) is 2.77. The third-order valence-electron chi connectivity index (χ3n) is 4.58. The number of hydrogen-bond donors (Lipinski definition) is 0. The Morgan fingerprint density at radius 1 is 1.44 bits per heavy atom. The molecule has 2 saturated carbocycles. The highest BCUT2D eigenvalue weighted by molar-refractivity contribution is 5.70. The molecule has 2 nitrogen and oxygen atoms in total. The van der Waals surface area contributed by atoms with E-state index in [0.29, 0.717) is 18.3 Å². The second-order valence-electron chi connectivity index (χ2n) is 5.91. The van der Waals surface area contributed by atoms with Crippen molar-refractivity contribution in [1.82, 2.24) is 0 Å². The Kier molecular flexibility index (Phi) is 3.27. The van der Waals surface area contributed by atoms with Gasteiger partial charge in [-0.1, -0.05) is 20.8 Å². The molecular formula is C14H24O2. The van der Waals surface area contributed by atoms with Crippen molar-refractivity contribution < 1.29 is 9.53 Å². The Morgan fingerprint density at radius 3 is 2.62 bits per heavy atom. The van der Waals surface area contributed by atoms with Gasteiger partial charge in [0.25, 0.3) is 0 Å². The maximum atomic E-state index is 11.8. The maximum absolute atomic E-state index is 11.8. The molecule has 16 heavy (non-hydrogen) atoms. The summed E-state index contributed by atoms with van der Waals surface area (Å²) in [7, 11) is 0. The van der Waals surface area contributed by atoms with Crippen molar-refractivity contribution >= 4 is 5.97 Å². The Hall–Kier alpha value is -0.530. The summed E-state index contributed by atoms with van der Waals surface area (Å²) in [5, 5.41) is 0. The molecule has 2 fully saturated rings. The second kappa shape index (κ2) is 4.38. The van der Waals surface area contributed by atoms with Crippen molar-refractivity contribution in [2.24, 2.45) is 17.8 Å². The van der Waals surface area contributed by atoms with E-state index in [1.165, 1.54) is 19.3 Å². The molecule has 0 amide bonds. The molecule has 0 aromatic rings. The number of carbonyl (C=O) groups is 1. The minimum absolute atomic E-state index is 0.0174. The Morgan fingerprint density at radius 2 is 2.19 bits per heavy atom. The van der Waals surface area contributed by atoms with Gasteiger partial charge in [0.05, 0.1) is 0 Å². The zero-order valence-electron chi connectivity index (χ0n) is 10.8. The highest BCUT2D eigenvalue weighted by Crippen LogP contribution is 2.55. The van der Waals surface area contributed by atoms with Crippen LogP contribution in [0, 0.1) is 17.8 Å². The summed E-state index contributed by atoms with van der Waals surface area (Å²) in [5.41, 5.74) is -0.116. The standard InChI is InChI=1S/C14H24O2/c1-4-5-13(15)16-14(10(2)3)9-11-6-7-12(14)8-11/h10-12H,4-9H2,1-3H3. The minimum Gasteiger partial charge on any atom is -0.458 e. The van der Waals surface area contributed by atoms with Crippen LogP contribution in [0.3, 0.4) is 0 Å². The van der Waals surface area contributed by atoms with E-state index in [1.54, 1.807) is 0 Å². The predicted octanol–water partition coefficient (Wildman–Crippen LogP) is 3.54. The number of carbonyl (C=O) groups excluding carboxylic acids is 1. The van der Waals surface area contributed by atoms with E-state index in [2.05, 4.69) is 13.8 Å². The van der Waals surface area contributed by atoms with Gasteiger partial charge in [0.15, 0.2) is 0 Å². The number of rotatable bonds is 4. The molecular weight excluding hydrogens is 200 g/mol. The molecule has 2 rings (SSSR count). The largest absolute Gasteiger partial charge is 0.458 e. The topological polar surface area (TPSA) is 26.3 Å². The quantitative estimate of drug-likeness (QED) is 0.683. The number of esters is 1. The van der Waals surface area contributed by atoms with Gasteiger partial charge in [-0.15, -0.1) is 0 Å². The van der Waals surface area contributed by atoms with Gasteiger partial charge in [0.1, 0.15) is 5.60 Å². The van der Waals surface area contributed by atoms with Crippen molar-refractivity contribution in [3.05, 3.63) is 0 Å². The number of hydrogen-bond acceptors (Lipinski definition) is 2. The van der Waals surface area contributed by atoms with Gasteiger partial charge in [-0.05, 0) is 49.9 Å². The molecule has 0 aromatic carbocycles. The molecule has 3 unspecified atom stereocenters. The zero-order valence-corrected chi connectivity index (χ0v) is 10.8. The van der Waals surface area contributed by atoms with Gasteiger partial charge in [0, 0.05) is 6.42 Å². The van der Waals surface area contributed by atoms with Gasteiger partial charge in [-0.2, -0.15) is 0 Å². The fourth-order valence-electron chi connectivity index (χ4n) is 3.74. The first-order valence-electron chi connectivity index (χ1n) is 6.80. The molecule has 0 N–H and O–H groups in total. The molecule has 2 aliphatic carbocycles. The molecule has 0 saturated heterocycles. The van der Waals surface area contributed by atoms with E-state index in [-0.39, 0.29) is 11.6 Å². The molecule has 2 heteroatoms. The van der Waals surface area contributed by atoms with Crippen LogP contribution >= 0.6 is 0 Å². The Bertz CT molecular complexity index is 272. The zero-order chi connectivity index (χ0) is 11.8. The minimum atomic E-state index is -0.116. The number of ether oxygens (including phenoxy) is 1. The van der Waals surface area contributed by atoms with Crippen molar-refractivity contribution in [3.63, 3.8) is 0 Å². The summed E-state index contributed by atoms with van der Waals surface area (Å²) >= 11 is 0. The third-order valence-corrected chi connectivity index (χ3v) is 4.58. The van der Waals surface area contributed by atoms with E-state index in [4.69, 9.17) is 4.74 Å². The second-order valence-corrected chi connectivity index (χ2v) is 5.91. The van der Waals surface area contributed by atoms with Crippen LogP contribution in [0.2, 0.25) is 0 Å². The molecule has 3 atom stereocenters. The maximum Gasteiger partial charge on any atom is 0.306 e. The fourth-order valence-corrected chi connectivity index (χ4v) is 3.74. The molecule has 2 aliphatic rings. The van der Waals surface area contributed by atoms with Crippen LogP contribution in [-0.4, -0.2) is 11.6 Å². The summed E-state index contributed by atoms with van der Waals surface area (Å²) in [6.45, 7) is 6.45. The molecule has 0 aliphatic heterocycles. The molecule has 2 bridgehead atoms. The monoisotopic (exact) mass is 224 g/mol. The van der Waals surface area contributed by atoms with Gasteiger partial charge >= 0.3 is 5.97 Å².